The number of anilines is 2. The van der Waals surface area contributed by atoms with Crippen molar-refractivity contribution in [3.05, 3.63) is 59.7 Å². The van der Waals surface area contributed by atoms with Gasteiger partial charge < -0.3 is 10.6 Å². The molecule has 0 aliphatic carbocycles. The quantitative estimate of drug-likeness (QED) is 0.831. The zero-order valence-electron chi connectivity index (χ0n) is 15.5. The molecule has 4 nitrogen and oxygen atoms in total. The van der Waals surface area contributed by atoms with Gasteiger partial charge in [-0.2, -0.15) is 0 Å². The van der Waals surface area contributed by atoms with Crippen LogP contribution in [0.1, 0.15) is 24.0 Å². The molecule has 0 aromatic heterocycles. The molecule has 4 aliphatic heterocycles. The van der Waals surface area contributed by atoms with Crippen LogP contribution in [0.5, 0.6) is 0 Å². The van der Waals surface area contributed by atoms with E-state index in [1.165, 1.54) is 35.3 Å². The minimum absolute atomic E-state index is 0.105. The third-order valence-electron chi connectivity index (χ3n) is 7.73. The van der Waals surface area contributed by atoms with E-state index >= 15 is 0 Å². The summed E-state index contributed by atoms with van der Waals surface area (Å²) in [6.45, 7) is 2.29. The van der Waals surface area contributed by atoms with Crippen molar-refractivity contribution < 1.29 is 0 Å². The van der Waals surface area contributed by atoms with Crippen LogP contribution in [0.3, 0.4) is 0 Å². The molecule has 4 heteroatoms. The van der Waals surface area contributed by atoms with Gasteiger partial charge in [-0.05, 0) is 50.2 Å². The molecule has 4 aliphatic rings. The minimum Gasteiger partial charge on any atom is -0.369 e. The molecule has 0 bridgehead atoms. The van der Waals surface area contributed by atoms with Crippen LogP contribution < -0.4 is 10.6 Å². The third kappa shape index (κ3) is 1.47. The Morgan fingerprint density at radius 3 is 1.62 bits per heavy atom. The van der Waals surface area contributed by atoms with Gasteiger partial charge in [0, 0.05) is 35.3 Å². The lowest BCUT2D eigenvalue weighted by Crippen LogP contribution is -2.60. The minimum atomic E-state index is 0.105. The van der Waals surface area contributed by atoms with Crippen LogP contribution in [0.2, 0.25) is 0 Å². The first kappa shape index (κ1) is 15.1. The van der Waals surface area contributed by atoms with Gasteiger partial charge in [-0.25, -0.2) is 0 Å². The van der Waals surface area contributed by atoms with Crippen LogP contribution in [0.15, 0.2) is 48.5 Å². The number of rotatable bonds is 1. The van der Waals surface area contributed by atoms with E-state index in [2.05, 4.69) is 83.1 Å². The molecule has 2 saturated heterocycles. The Balaban J connectivity index is 1.68. The molecule has 0 radical (unpaired) electrons. The van der Waals surface area contributed by atoms with E-state index in [1.54, 1.807) is 0 Å². The zero-order chi connectivity index (χ0) is 17.5. The highest BCUT2D eigenvalue weighted by atomic mass is 15.4. The molecular formula is C22H26N4. The van der Waals surface area contributed by atoms with Gasteiger partial charge in [0.25, 0.3) is 0 Å². The predicted octanol–water partition coefficient (Wildman–Crippen LogP) is 3.04. The van der Waals surface area contributed by atoms with Crippen LogP contribution in [0.25, 0.3) is 0 Å². The van der Waals surface area contributed by atoms with Crippen molar-refractivity contribution in [2.45, 2.75) is 36.0 Å². The van der Waals surface area contributed by atoms with Crippen LogP contribution in [0, 0.1) is 0 Å². The molecule has 26 heavy (non-hydrogen) atoms. The first-order valence-electron chi connectivity index (χ1n) is 9.81. The molecule has 134 valence electrons. The van der Waals surface area contributed by atoms with Crippen molar-refractivity contribution >= 4 is 11.4 Å². The van der Waals surface area contributed by atoms with E-state index in [0.29, 0.717) is 12.3 Å². The topological polar surface area (TPSA) is 30.5 Å². The van der Waals surface area contributed by atoms with E-state index in [9.17, 15) is 0 Å². The maximum absolute atomic E-state index is 3.90. The summed E-state index contributed by atoms with van der Waals surface area (Å²) in [5.74, 6) is 0. The van der Waals surface area contributed by atoms with Crippen LogP contribution in [-0.2, 0) is 10.8 Å². The second-order valence-electron chi connectivity index (χ2n) is 8.59. The lowest BCUT2D eigenvalue weighted by molar-refractivity contribution is 0.147. The molecule has 0 unspecified atom stereocenters. The predicted molar refractivity (Wildman–Crippen MR) is 106 cm³/mol. The van der Waals surface area contributed by atoms with E-state index in [1.807, 2.05) is 0 Å². The largest absolute Gasteiger partial charge is 0.369 e. The lowest BCUT2D eigenvalue weighted by Gasteiger charge is -2.48. The molecule has 2 N–H and O–H groups in total. The normalized spacial score (nSPS) is 37.6. The van der Waals surface area contributed by atoms with Gasteiger partial charge in [0.15, 0.2) is 0 Å². The van der Waals surface area contributed by atoms with Gasteiger partial charge in [0.1, 0.15) is 0 Å². The Bertz CT molecular complexity index is 822. The molecule has 2 fully saturated rings. The number of likely N-dealkylation sites (N-methyl/N-ethyl adjacent to an activating group) is 2. The number of likely N-dealkylation sites (tertiary alicyclic amines) is 2. The fourth-order valence-electron chi connectivity index (χ4n) is 6.73. The summed E-state index contributed by atoms with van der Waals surface area (Å²) < 4.78 is 0. The smallest absolute Gasteiger partial charge is 0.0901 e. The van der Waals surface area contributed by atoms with Crippen LogP contribution in [-0.4, -0.2) is 49.3 Å². The van der Waals surface area contributed by atoms with Crippen LogP contribution in [0.4, 0.5) is 11.4 Å². The number of nitrogens with one attached hydrogen (secondary N) is 2. The summed E-state index contributed by atoms with van der Waals surface area (Å²) in [5, 5.41) is 7.79. The SMILES string of the molecule is CN1CC[C@]2([C@]34CCN(C)[C@@H]3Nc3ccccc34)c3ccccc3N[C@@H]12. The summed E-state index contributed by atoms with van der Waals surface area (Å²) in [6, 6.07) is 18.1. The highest BCUT2D eigenvalue weighted by molar-refractivity contribution is 5.72. The van der Waals surface area contributed by atoms with Crippen molar-refractivity contribution in [2.75, 3.05) is 37.8 Å². The number of hydrogen-bond donors (Lipinski definition) is 2. The van der Waals surface area contributed by atoms with Gasteiger partial charge in [-0.3, -0.25) is 9.80 Å². The Morgan fingerprint density at radius 1 is 0.731 bits per heavy atom. The second-order valence-corrected chi connectivity index (χ2v) is 8.59. The van der Waals surface area contributed by atoms with Crippen molar-refractivity contribution in [3.63, 3.8) is 0 Å². The third-order valence-corrected chi connectivity index (χ3v) is 7.73. The highest BCUT2D eigenvalue weighted by Gasteiger charge is 2.70. The van der Waals surface area contributed by atoms with Crippen molar-refractivity contribution in [2.24, 2.45) is 0 Å². The number of nitrogens with zero attached hydrogens (tertiary/aromatic N) is 2. The summed E-state index contributed by atoms with van der Waals surface area (Å²) >= 11 is 0. The van der Waals surface area contributed by atoms with Gasteiger partial charge in [0.2, 0.25) is 0 Å². The molecule has 6 rings (SSSR count). The first-order chi connectivity index (χ1) is 12.7. The van der Waals surface area contributed by atoms with E-state index < -0.39 is 0 Å². The Morgan fingerprint density at radius 2 is 1.15 bits per heavy atom. The highest BCUT2D eigenvalue weighted by Crippen LogP contribution is 2.65. The Kier molecular flexibility index (Phi) is 2.79. The first-order valence-corrected chi connectivity index (χ1v) is 9.81. The number of benzene rings is 2. The average molecular weight is 346 g/mol. The number of hydrogen-bond acceptors (Lipinski definition) is 4. The fourth-order valence-corrected chi connectivity index (χ4v) is 6.73. The van der Waals surface area contributed by atoms with E-state index in [4.69, 9.17) is 0 Å². The van der Waals surface area contributed by atoms with Crippen LogP contribution >= 0.6 is 0 Å². The second kappa shape index (κ2) is 4.81. The van der Waals surface area contributed by atoms with Crippen molar-refractivity contribution in [1.82, 2.24) is 9.80 Å². The van der Waals surface area contributed by atoms with Crippen molar-refractivity contribution in [1.29, 1.82) is 0 Å². The molecular weight excluding hydrogens is 320 g/mol. The summed E-state index contributed by atoms with van der Waals surface area (Å²) in [6.07, 6.45) is 3.14. The molecule has 0 amide bonds. The molecule has 0 spiro atoms. The van der Waals surface area contributed by atoms with Crippen molar-refractivity contribution in [3.8, 4) is 0 Å². The monoisotopic (exact) mass is 346 g/mol. The van der Waals surface area contributed by atoms with Gasteiger partial charge in [0.05, 0.1) is 12.3 Å². The number of para-hydroxylation sites is 2. The standard InChI is InChI=1S/C22H26N4/c1-25-13-11-21(15-7-3-5-9-17(15)23-19(21)25)22-12-14-26(2)20(22)24-18-10-6-4-8-16(18)22/h3-10,19-20,23-24H,11-14H2,1-2H3/t19-,20-,21-,22-/m0/s1. The maximum atomic E-state index is 3.90. The lowest BCUT2D eigenvalue weighted by atomic mass is 9.55. The summed E-state index contributed by atoms with van der Waals surface area (Å²) in [4.78, 5) is 5.07. The average Bonchev–Trinajstić information content (AvgIpc) is 3.36. The molecule has 0 saturated carbocycles. The molecule has 4 heterocycles. The van der Waals surface area contributed by atoms with Gasteiger partial charge in [-0.1, -0.05) is 36.4 Å². The molecule has 2 aromatic rings. The zero-order valence-corrected chi connectivity index (χ0v) is 15.5. The fraction of sp³-hybridized carbons (Fsp3) is 0.455. The molecule has 2 aromatic carbocycles. The number of fused-ring (bicyclic) bond motifs is 7. The van der Waals surface area contributed by atoms with E-state index in [0.717, 1.165) is 13.1 Å². The maximum Gasteiger partial charge on any atom is 0.0901 e. The van der Waals surface area contributed by atoms with Gasteiger partial charge in [-0.15, -0.1) is 0 Å². The Labute approximate surface area is 155 Å². The Hall–Kier alpha value is -2.04. The summed E-state index contributed by atoms with van der Waals surface area (Å²) in [5.41, 5.74) is 5.91. The summed E-state index contributed by atoms with van der Waals surface area (Å²) in [7, 11) is 4.56. The van der Waals surface area contributed by atoms with Gasteiger partial charge >= 0.3 is 0 Å². The molecule has 4 atom stereocenters. The van der Waals surface area contributed by atoms with E-state index in [-0.39, 0.29) is 10.8 Å².